The Morgan fingerprint density at radius 1 is 1.00 bits per heavy atom. The Kier molecular flexibility index (Phi) is 4.97. The molecule has 0 aromatic heterocycles. The number of rotatable bonds is 4. The molecule has 0 radical (unpaired) electrons. The second-order valence-electron chi connectivity index (χ2n) is 4.73. The molecule has 2 aromatic rings. The van der Waals surface area contributed by atoms with Crippen molar-refractivity contribution < 1.29 is 21.8 Å². The summed E-state index contributed by atoms with van der Waals surface area (Å²) in [6.07, 6.45) is -4.65. The standard InChI is InChI=1S/C15H13F4NOS/c1-10-2-8-13(9-3-10)22(21)20-14(15(17,18)19)11-4-6-12(16)7-5-11/h2-9,14,20H,1H3/t14-,22+/m1/s1. The Morgan fingerprint density at radius 3 is 2.05 bits per heavy atom. The molecule has 0 aliphatic carbocycles. The number of nitrogens with one attached hydrogen (secondary N) is 1. The lowest BCUT2D eigenvalue weighted by atomic mass is 10.1. The molecule has 0 spiro atoms. The van der Waals surface area contributed by atoms with Gasteiger partial charge in [-0.1, -0.05) is 29.8 Å². The van der Waals surface area contributed by atoms with Gasteiger partial charge >= 0.3 is 6.18 Å². The Labute approximate surface area is 127 Å². The second kappa shape index (κ2) is 6.58. The molecule has 0 saturated heterocycles. The molecule has 0 saturated carbocycles. The van der Waals surface area contributed by atoms with Gasteiger partial charge in [0, 0.05) is 0 Å². The highest BCUT2D eigenvalue weighted by atomic mass is 32.2. The van der Waals surface area contributed by atoms with Crippen molar-refractivity contribution in [3.8, 4) is 0 Å². The molecule has 0 amide bonds. The molecule has 0 heterocycles. The molecule has 0 bridgehead atoms. The molecule has 2 rings (SSSR count). The van der Waals surface area contributed by atoms with Crippen molar-refractivity contribution >= 4 is 11.0 Å². The molecular weight excluding hydrogens is 318 g/mol. The molecule has 2 nitrogen and oxygen atoms in total. The van der Waals surface area contributed by atoms with E-state index in [-0.39, 0.29) is 10.5 Å². The maximum absolute atomic E-state index is 13.2. The van der Waals surface area contributed by atoms with E-state index in [0.29, 0.717) is 0 Å². The van der Waals surface area contributed by atoms with Crippen LogP contribution in [0.15, 0.2) is 53.4 Å². The normalized spacial score (nSPS) is 14.6. The zero-order valence-corrected chi connectivity index (χ0v) is 12.3. The first-order valence-electron chi connectivity index (χ1n) is 6.34. The van der Waals surface area contributed by atoms with Crippen LogP contribution in [0.4, 0.5) is 17.6 Å². The van der Waals surface area contributed by atoms with Gasteiger partial charge in [-0.25, -0.2) is 13.3 Å². The summed E-state index contributed by atoms with van der Waals surface area (Å²) >= 11 is 0. The minimum Gasteiger partial charge on any atom is -0.237 e. The van der Waals surface area contributed by atoms with E-state index in [1.165, 1.54) is 12.1 Å². The van der Waals surface area contributed by atoms with E-state index in [0.717, 1.165) is 29.8 Å². The number of benzene rings is 2. The van der Waals surface area contributed by atoms with Gasteiger partial charge in [-0.2, -0.15) is 13.2 Å². The second-order valence-corrected chi connectivity index (χ2v) is 5.97. The molecule has 0 aliphatic rings. The van der Waals surface area contributed by atoms with Crippen molar-refractivity contribution in [2.24, 2.45) is 0 Å². The molecule has 118 valence electrons. The number of alkyl halides is 3. The van der Waals surface area contributed by atoms with Crippen LogP contribution in [0.25, 0.3) is 0 Å². The van der Waals surface area contributed by atoms with Crippen LogP contribution in [-0.4, -0.2) is 10.4 Å². The van der Waals surface area contributed by atoms with Crippen LogP contribution >= 0.6 is 0 Å². The lowest BCUT2D eigenvalue weighted by Gasteiger charge is -2.21. The van der Waals surface area contributed by atoms with Gasteiger partial charge in [0.05, 0.1) is 4.90 Å². The highest BCUT2D eigenvalue weighted by molar-refractivity contribution is 7.83. The molecule has 22 heavy (non-hydrogen) atoms. The van der Waals surface area contributed by atoms with Crippen molar-refractivity contribution in [3.63, 3.8) is 0 Å². The first-order valence-corrected chi connectivity index (χ1v) is 7.49. The molecule has 2 aromatic carbocycles. The topological polar surface area (TPSA) is 29.1 Å². The molecular formula is C15H13F4NOS. The molecule has 1 N–H and O–H groups in total. The number of aryl methyl sites for hydroxylation is 1. The van der Waals surface area contributed by atoms with Crippen LogP contribution in [-0.2, 0) is 11.0 Å². The maximum atomic E-state index is 13.2. The Balaban J connectivity index is 2.25. The van der Waals surface area contributed by atoms with Gasteiger partial charge in [0.25, 0.3) is 0 Å². The van der Waals surface area contributed by atoms with Gasteiger partial charge in [0.1, 0.15) is 22.8 Å². The summed E-state index contributed by atoms with van der Waals surface area (Å²) < 4.78 is 66.5. The third-order valence-corrected chi connectivity index (χ3v) is 4.14. The molecule has 2 atom stereocenters. The fourth-order valence-corrected chi connectivity index (χ4v) is 2.82. The summed E-state index contributed by atoms with van der Waals surface area (Å²) in [5, 5.41) is 0. The maximum Gasteiger partial charge on any atom is 0.408 e. The van der Waals surface area contributed by atoms with Crippen LogP contribution in [0.5, 0.6) is 0 Å². The Bertz CT molecular complexity index is 653. The highest BCUT2D eigenvalue weighted by Gasteiger charge is 2.41. The molecule has 0 aliphatic heterocycles. The monoisotopic (exact) mass is 331 g/mol. The average molecular weight is 331 g/mol. The van der Waals surface area contributed by atoms with E-state index in [4.69, 9.17) is 0 Å². The minimum atomic E-state index is -4.65. The average Bonchev–Trinajstić information content (AvgIpc) is 2.45. The van der Waals surface area contributed by atoms with Gasteiger partial charge in [-0.3, -0.25) is 0 Å². The number of hydrogen-bond donors (Lipinski definition) is 1. The van der Waals surface area contributed by atoms with Crippen molar-refractivity contribution in [1.82, 2.24) is 4.72 Å². The predicted molar refractivity (Wildman–Crippen MR) is 75.9 cm³/mol. The van der Waals surface area contributed by atoms with E-state index in [2.05, 4.69) is 4.72 Å². The minimum absolute atomic E-state index is 0.200. The van der Waals surface area contributed by atoms with Gasteiger partial charge in [0.15, 0.2) is 0 Å². The summed E-state index contributed by atoms with van der Waals surface area (Å²) in [5.74, 6) is -0.635. The quantitative estimate of drug-likeness (QED) is 0.842. The van der Waals surface area contributed by atoms with E-state index in [1.54, 1.807) is 12.1 Å². The van der Waals surface area contributed by atoms with Crippen LogP contribution in [0, 0.1) is 12.7 Å². The van der Waals surface area contributed by atoms with E-state index < -0.39 is 29.0 Å². The first kappa shape index (κ1) is 16.6. The zero-order chi connectivity index (χ0) is 16.3. The van der Waals surface area contributed by atoms with Crippen molar-refractivity contribution in [2.75, 3.05) is 0 Å². The van der Waals surface area contributed by atoms with Crippen LogP contribution in [0.1, 0.15) is 17.2 Å². The summed E-state index contributed by atoms with van der Waals surface area (Å²) in [5.41, 5.74) is 0.709. The SMILES string of the molecule is Cc1ccc([S@](=O)N[C@H](c2ccc(F)cc2)C(F)(F)F)cc1. The number of halogens is 4. The lowest BCUT2D eigenvalue weighted by molar-refractivity contribution is -0.152. The van der Waals surface area contributed by atoms with Gasteiger partial charge < -0.3 is 0 Å². The van der Waals surface area contributed by atoms with E-state index in [1.807, 2.05) is 6.92 Å². The third-order valence-electron chi connectivity index (χ3n) is 2.99. The number of hydrogen-bond acceptors (Lipinski definition) is 1. The van der Waals surface area contributed by atoms with Crippen molar-refractivity contribution in [1.29, 1.82) is 0 Å². The summed E-state index contributed by atoms with van der Waals surface area (Å²) in [6.45, 7) is 1.82. The third kappa shape index (κ3) is 4.14. The molecule has 0 unspecified atom stereocenters. The first-order chi connectivity index (χ1) is 10.3. The van der Waals surface area contributed by atoms with E-state index in [9.17, 15) is 21.8 Å². The summed E-state index contributed by atoms with van der Waals surface area (Å²) in [7, 11) is -2.04. The molecule has 0 fully saturated rings. The largest absolute Gasteiger partial charge is 0.408 e. The smallest absolute Gasteiger partial charge is 0.237 e. The Morgan fingerprint density at radius 2 is 1.55 bits per heavy atom. The fourth-order valence-electron chi connectivity index (χ4n) is 1.82. The summed E-state index contributed by atoms with van der Waals surface area (Å²) in [6, 6.07) is 8.09. The van der Waals surface area contributed by atoms with Crippen LogP contribution in [0.2, 0.25) is 0 Å². The zero-order valence-electron chi connectivity index (χ0n) is 11.5. The van der Waals surface area contributed by atoms with Gasteiger partial charge in [-0.05, 0) is 36.8 Å². The predicted octanol–water partition coefficient (Wildman–Crippen LogP) is 4.05. The van der Waals surface area contributed by atoms with Crippen molar-refractivity contribution in [3.05, 3.63) is 65.5 Å². The van der Waals surface area contributed by atoms with Gasteiger partial charge in [-0.15, -0.1) is 0 Å². The van der Waals surface area contributed by atoms with Gasteiger partial charge in [0.2, 0.25) is 0 Å². The van der Waals surface area contributed by atoms with Crippen LogP contribution in [0.3, 0.4) is 0 Å². The van der Waals surface area contributed by atoms with Crippen LogP contribution < -0.4 is 4.72 Å². The Hall–Kier alpha value is -1.73. The highest BCUT2D eigenvalue weighted by Crippen LogP contribution is 2.33. The lowest BCUT2D eigenvalue weighted by Crippen LogP contribution is -2.35. The summed E-state index contributed by atoms with van der Waals surface area (Å²) in [4.78, 5) is 0.238. The molecule has 7 heteroatoms. The van der Waals surface area contributed by atoms with Crippen molar-refractivity contribution in [2.45, 2.75) is 24.0 Å². The van der Waals surface area contributed by atoms with E-state index >= 15 is 0 Å². The fraction of sp³-hybridized carbons (Fsp3) is 0.200.